The number of urea groups is 1. The lowest BCUT2D eigenvalue weighted by molar-refractivity contribution is 0.262. The zero-order chi connectivity index (χ0) is 20.1. The van der Waals surface area contributed by atoms with Crippen molar-refractivity contribution in [2.24, 2.45) is 0 Å². The van der Waals surface area contributed by atoms with Crippen LogP contribution in [0.3, 0.4) is 0 Å². The number of hydrogen-bond donors (Lipinski definition) is 2. The Morgan fingerprint density at radius 1 is 1.00 bits per heavy atom. The lowest BCUT2D eigenvalue weighted by Crippen LogP contribution is -2.19. The van der Waals surface area contributed by atoms with Crippen molar-refractivity contribution in [1.82, 2.24) is 9.97 Å². The Morgan fingerprint density at radius 3 is 2.52 bits per heavy atom. The highest BCUT2D eigenvalue weighted by Gasteiger charge is 2.14. The van der Waals surface area contributed by atoms with E-state index in [1.54, 1.807) is 30.5 Å². The quantitative estimate of drug-likeness (QED) is 0.701. The molecule has 1 aliphatic heterocycles. The van der Waals surface area contributed by atoms with Gasteiger partial charge >= 0.3 is 6.03 Å². The number of nitrogens with one attached hydrogen (secondary N) is 2. The summed E-state index contributed by atoms with van der Waals surface area (Å²) in [7, 11) is 0. The summed E-state index contributed by atoms with van der Waals surface area (Å²) in [5.41, 5.74) is 2.63. The highest BCUT2D eigenvalue weighted by molar-refractivity contribution is 6.00. The molecule has 1 saturated heterocycles. The number of anilines is 3. The maximum absolute atomic E-state index is 12.3. The van der Waals surface area contributed by atoms with Crippen LogP contribution in [0.15, 0.2) is 60.8 Å². The number of aromatic nitrogens is 2. The van der Waals surface area contributed by atoms with Crippen molar-refractivity contribution in [3.05, 3.63) is 66.4 Å². The lowest BCUT2D eigenvalue weighted by atomic mass is 10.2. The third-order valence-electron chi connectivity index (χ3n) is 4.72. The van der Waals surface area contributed by atoms with Crippen molar-refractivity contribution in [2.45, 2.75) is 12.8 Å². The number of carbonyl (C=O) groups excluding carboxylic acids is 1. The summed E-state index contributed by atoms with van der Waals surface area (Å²) in [6, 6.07) is 17.7. The Labute approximate surface area is 169 Å². The molecule has 0 bridgehead atoms. The Morgan fingerprint density at radius 2 is 1.76 bits per heavy atom. The largest absolute Gasteiger partial charge is 0.357 e. The number of nitrogens with zero attached hydrogens (tertiary/aromatic N) is 4. The van der Waals surface area contributed by atoms with E-state index in [4.69, 9.17) is 5.26 Å². The van der Waals surface area contributed by atoms with Gasteiger partial charge < -0.3 is 15.5 Å². The van der Waals surface area contributed by atoms with Gasteiger partial charge in [-0.25, -0.2) is 14.8 Å². The first-order valence-corrected chi connectivity index (χ1v) is 9.48. The smallest absolute Gasteiger partial charge is 0.323 e. The molecule has 2 amide bonds. The molecule has 1 aliphatic rings. The van der Waals surface area contributed by atoms with Crippen LogP contribution in [0.5, 0.6) is 0 Å². The minimum Gasteiger partial charge on any atom is -0.357 e. The normalized spacial score (nSPS) is 13.0. The predicted molar refractivity (Wildman–Crippen MR) is 113 cm³/mol. The summed E-state index contributed by atoms with van der Waals surface area (Å²) in [6.45, 7) is 2.04. The van der Waals surface area contributed by atoms with Gasteiger partial charge in [0.25, 0.3) is 0 Å². The van der Waals surface area contributed by atoms with Gasteiger partial charge in [-0.15, -0.1) is 0 Å². The van der Waals surface area contributed by atoms with Crippen LogP contribution in [-0.2, 0) is 0 Å². The fraction of sp³-hybridized carbons (Fsp3) is 0.182. The zero-order valence-electron chi connectivity index (χ0n) is 15.8. The van der Waals surface area contributed by atoms with E-state index in [0.29, 0.717) is 22.8 Å². The molecular weight excluding hydrogens is 364 g/mol. The molecule has 2 aromatic carbocycles. The first kappa shape index (κ1) is 18.4. The molecule has 4 rings (SSSR count). The van der Waals surface area contributed by atoms with Crippen molar-refractivity contribution in [3.63, 3.8) is 0 Å². The second-order valence-electron chi connectivity index (χ2n) is 6.78. The van der Waals surface area contributed by atoms with E-state index >= 15 is 0 Å². The second-order valence-corrected chi connectivity index (χ2v) is 6.78. The highest BCUT2D eigenvalue weighted by Crippen LogP contribution is 2.23. The number of hydrogen-bond acceptors (Lipinski definition) is 5. The third-order valence-corrected chi connectivity index (χ3v) is 4.72. The minimum absolute atomic E-state index is 0.362. The van der Waals surface area contributed by atoms with Crippen LogP contribution < -0.4 is 15.5 Å². The van der Waals surface area contributed by atoms with Crippen LogP contribution in [0.25, 0.3) is 11.4 Å². The molecule has 0 spiro atoms. The molecular formula is C22H20N6O. The Balaban J connectivity index is 1.46. The summed E-state index contributed by atoms with van der Waals surface area (Å²) in [5, 5.41) is 14.4. The SMILES string of the molecule is N#Cc1ccc(NC(=O)Nc2cccc(-c3nccc(N4CCCC4)n3)c2)cc1. The summed E-state index contributed by atoms with van der Waals surface area (Å²) in [5.74, 6) is 1.56. The average Bonchev–Trinajstić information content (AvgIpc) is 3.30. The average molecular weight is 384 g/mol. The lowest BCUT2D eigenvalue weighted by Gasteiger charge is -2.16. The predicted octanol–water partition coefficient (Wildman–Crippen LogP) is 4.26. The standard InChI is InChI=1S/C22H20N6O/c23-15-16-6-8-18(9-7-16)25-22(29)26-19-5-3-4-17(14-19)21-24-11-10-20(27-21)28-12-1-2-13-28/h3-11,14H,1-2,12-13H2,(H2,25,26,29). The summed E-state index contributed by atoms with van der Waals surface area (Å²) in [4.78, 5) is 23.6. The van der Waals surface area contributed by atoms with E-state index in [1.165, 1.54) is 12.8 Å². The molecule has 1 aromatic heterocycles. The third kappa shape index (κ3) is 4.50. The van der Waals surface area contributed by atoms with Crippen molar-refractivity contribution >= 4 is 23.2 Å². The van der Waals surface area contributed by atoms with E-state index in [2.05, 4.69) is 25.5 Å². The van der Waals surface area contributed by atoms with Crippen LogP contribution in [-0.4, -0.2) is 29.1 Å². The van der Waals surface area contributed by atoms with Gasteiger partial charge in [0.2, 0.25) is 0 Å². The number of carbonyl (C=O) groups is 1. The van der Waals surface area contributed by atoms with Crippen LogP contribution in [0.1, 0.15) is 18.4 Å². The van der Waals surface area contributed by atoms with Gasteiger partial charge in [-0.2, -0.15) is 5.26 Å². The van der Waals surface area contributed by atoms with E-state index in [1.807, 2.05) is 36.4 Å². The monoisotopic (exact) mass is 384 g/mol. The number of amides is 2. The zero-order valence-corrected chi connectivity index (χ0v) is 15.8. The maximum atomic E-state index is 12.3. The molecule has 144 valence electrons. The topological polar surface area (TPSA) is 93.9 Å². The molecule has 0 radical (unpaired) electrons. The van der Waals surface area contributed by atoms with Gasteiger partial charge in [-0.05, 0) is 55.3 Å². The molecule has 1 fully saturated rings. The molecule has 7 nitrogen and oxygen atoms in total. The summed E-state index contributed by atoms with van der Waals surface area (Å²) < 4.78 is 0. The molecule has 2 heterocycles. The highest BCUT2D eigenvalue weighted by atomic mass is 16.2. The van der Waals surface area contributed by atoms with Crippen molar-refractivity contribution in [3.8, 4) is 17.5 Å². The minimum atomic E-state index is -0.362. The molecule has 29 heavy (non-hydrogen) atoms. The number of rotatable bonds is 4. The second kappa shape index (κ2) is 8.40. The van der Waals surface area contributed by atoms with Gasteiger partial charge in [0.15, 0.2) is 5.82 Å². The van der Waals surface area contributed by atoms with E-state index < -0.39 is 0 Å². The van der Waals surface area contributed by atoms with Crippen LogP contribution >= 0.6 is 0 Å². The summed E-state index contributed by atoms with van der Waals surface area (Å²) in [6.07, 6.45) is 4.15. The van der Waals surface area contributed by atoms with E-state index in [-0.39, 0.29) is 6.03 Å². The molecule has 0 saturated carbocycles. The molecule has 2 N–H and O–H groups in total. The van der Waals surface area contributed by atoms with Gasteiger partial charge in [-0.1, -0.05) is 12.1 Å². The van der Waals surface area contributed by atoms with Crippen LogP contribution in [0.2, 0.25) is 0 Å². The number of benzene rings is 2. The Bertz CT molecular complexity index is 1050. The van der Waals surface area contributed by atoms with E-state index in [0.717, 1.165) is 24.5 Å². The van der Waals surface area contributed by atoms with Gasteiger partial charge in [0.05, 0.1) is 11.6 Å². The van der Waals surface area contributed by atoms with Crippen molar-refractivity contribution in [2.75, 3.05) is 28.6 Å². The Hall–Kier alpha value is -3.92. The molecule has 3 aromatic rings. The van der Waals surface area contributed by atoms with Gasteiger partial charge in [-0.3, -0.25) is 0 Å². The van der Waals surface area contributed by atoms with Crippen LogP contribution in [0, 0.1) is 11.3 Å². The maximum Gasteiger partial charge on any atom is 0.323 e. The molecule has 0 atom stereocenters. The van der Waals surface area contributed by atoms with Crippen molar-refractivity contribution < 1.29 is 4.79 Å². The molecule has 0 unspecified atom stereocenters. The molecule has 0 aliphatic carbocycles. The van der Waals surface area contributed by atoms with Gasteiger partial charge in [0.1, 0.15) is 5.82 Å². The van der Waals surface area contributed by atoms with Gasteiger partial charge in [0, 0.05) is 36.2 Å². The fourth-order valence-corrected chi connectivity index (χ4v) is 3.27. The van der Waals surface area contributed by atoms with Crippen molar-refractivity contribution in [1.29, 1.82) is 5.26 Å². The first-order valence-electron chi connectivity index (χ1n) is 9.48. The fourth-order valence-electron chi connectivity index (χ4n) is 3.27. The number of nitriles is 1. The van der Waals surface area contributed by atoms with Crippen LogP contribution in [0.4, 0.5) is 22.0 Å². The summed E-state index contributed by atoms with van der Waals surface area (Å²) >= 11 is 0. The molecule has 7 heteroatoms. The van der Waals surface area contributed by atoms with E-state index in [9.17, 15) is 4.79 Å². The Kier molecular flexibility index (Phi) is 5.34. The first-order chi connectivity index (χ1) is 14.2.